The topological polar surface area (TPSA) is 46.3 Å². The highest BCUT2D eigenvalue weighted by Gasteiger charge is 2.11. The molecule has 0 saturated heterocycles. The number of nitrogens with two attached hydrogens (primary N) is 1. The zero-order valence-electron chi connectivity index (χ0n) is 12.1. The maximum atomic E-state index is 11.4. The molecule has 0 aliphatic heterocycles. The first-order valence-corrected chi connectivity index (χ1v) is 6.38. The molecule has 0 bridgehead atoms. The zero-order valence-corrected chi connectivity index (χ0v) is 12.1. The molecule has 1 aromatic rings. The molecule has 3 heteroatoms. The van der Waals surface area contributed by atoms with Crippen LogP contribution in [-0.2, 0) is 11.2 Å². The highest BCUT2D eigenvalue weighted by Crippen LogP contribution is 2.22. The number of hydrogen-bond donors (Lipinski definition) is 1. The van der Waals surface area contributed by atoms with Crippen LogP contribution in [0, 0.1) is 27.7 Å². The molecule has 0 saturated carbocycles. The number of amides is 1. The van der Waals surface area contributed by atoms with Crippen molar-refractivity contribution in [3.05, 3.63) is 33.9 Å². The third-order valence-electron chi connectivity index (χ3n) is 3.82. The number of nitrogens with zero attached hydrogens (tertiary/aromatic N) is 1. The molecule has 0 aliphatic rings. The Bertz CT molecular complexity index is 426. The fraction of sp³-hybridized carbons (Fsp3) is 0.533. The van der Waals surface area contributed by atoms with Crippen LogP contribution in [0.3, 0.4) is 0 Å². The summed E-state index contributed by atoms with van der Waals surface area (Å²) in [6.45, 7) is 9.39. The first kappa shape index (κ1) is 14.7. The standard InChI is InChI=1S/C15H24N2O/c1-10-8-11(2)13(4)14(12(10)3)6-7-17(5)15(18)9-16/h8H,6-7,9,16H2,1-5H3. The summed E-state index contributed by atoms with van der Waals surface area (Å²) in [5, 5.41) is 0. The highest BCUT2D eigenvalue weighted by molar-refractivity contribution is 5.77. The number of likely N-dealkylation sites (N-methyl/N-ethyl adjacent to an activating group) is 1. The Balaban J connectivity index is 2.88. The lowest BCUT2D eigenvalue weighted by Crippen LogP contribution is -2.34. The molecule has 0 unspecified atom stereocenters. The molecule has 0 aliphatic carbocycles. The molecule has 0 radical (unpaired) electrons. The second-order valence-corrected chi connectivity index (χ2v) is 5.01. The Labute approximate surface area is 110 Å². The Kier molecular flexibility index (Phi) is 4.91. The van der Waals surface area contributed by atoms with Crippen LogP contribution in [0.4, 0.5) is 0 Å². The van der Waals surface area contributed by atoms with Gasteiger partial charge in [-0.2, -0.15) is 0 Å². The first-order valence-electron chi connectivity index (χ1n) is 6.38. The monoisotopic (exact) mass is 248 g/mol. The van der Waals surface area contributed by atoms with Crippen LogP contribution < -0.4 is 5.73 Å². The molecule has 2 N–H and O–H groups in total. The minimum absolute atomic E-state index is 0.00492. The quantitative estimate of drug-likeness (QED) is 0.884. The maximum Gasteiger partial charge on any atom is 0.236 e. The Hall–Kier alpha value is -1.35. The molecule has 1 amide bonds. The fourth-order valence-electron chi connectivity index (χ4n) is 2.23. The van der Waals surface area contributed by atoms with Crippen molar-refractivity contribution in [2.45, 2.75) is 34.1 Å². The van der Waals surface area contributed by atoms with Crippen LogP contribution in [0.25, 0.3) is 0 Å². The molecule has 0 fully saturated rings. The van der Waals surface area contributed by atoms with Crippen molar-refractivity contribution in [1.82, 2.24) is 4.90 Å². The highest BCUT2D eigenvalue weighted by atomic mass is 16.2. The van der Waals surface area contributed by atoms with Gasteiger partial charge >= 0.3 is 0 Å². The van der Waals surface area contributed by atoms with Crippen LogP contribution in [0.5, 0.6) is 0 Å². The third-order valence-corrected chi connectivity index (χ3v) is 3.82. The van der Waals surface area contributed by atoms with E-state index < -0.39 is 0 Å². The summed E-state index contributed by atoms with van der Waals surface area (Å²) < 4.78 is 0. The molecule has 0 aromatic heterocycles. The van der Waals surface area contributed by atoms with Gasteiger partial charge in [-0.3, -0.25) is 4.79 Å². The number of hydrogen-bond acceptors (Lipinski definition) is 2. The van der Waals surface area contributed by atoms with Crippen molar-refractivity contribution in [3.63, 3.8) is 0 Å². The van der Waals surface area contributed by atoms with Crippen LogP contribution in [-0.4, -0.2) is 30.9 Å². The molecular formula is C15H24N2O. The van der Waals surface area contributed by atoms with Gasteiger partial charge in [0.1, 0.15) is 0 Å². The van der Waals surface area contributed by atoms with Crippen molar-refractivity contribution in [3.8, 4) is 0 Å². The van der Waals surface area contributed by atoms with Crippen LogP contribution in [0.15, 0.2) is 6.07 Å². The maximum absolute atomic E-state index is 11.4. The van der Waals surface area contributed by atoms with Gasteiger partial charge in [0, 0.05) is 13.6 Å². The van der Waals surface area contributed by atoms with Crippen molar-refractivity contribution >= 4 is 5.91 Å². The van der Waals surface area contributed by atoms with Crippen molar-refractivity contribution in [2.75, 3.05) is 20.1 Å². The van der Waals surface area contributed by atoms with Gasteiger partial charge in [0.2, 0.25) is 5.91 Å². The Morgan fingerprint density at radius 1 is 1.17 bits per heavy atom. The Morgan fingerprint density at radius 2 is 1.67 bits per heavy atom. The second kappa shape index (κ2) is 6.01. The molecule has 1 rings (SSSR count). The van der Waals surface area contributed by atoms with Gasteiger partial charge in [-0.25, -0.2) is 0 Å². The molecule has 0 spiro atoms. The minimum Gasteiger partial charge on any atom is -0.344 e. The first-order chi connectivity index (χ1) is 8.38. The largest absolute Gasteiger partial charge is 0.344 e. The summed E-state index contributed by atoms with van der Waals surface area (Å²) in [6, 6.07) is 2.23. The van der Waals surface area contributed by atoms with Crippen molar-refractivity contribution in [2.24, 2.45) is 5.73 Å². The summed E-state index contributed by atoms with van der Waals surface area (Å²) in [5.74, 6) is -0.00492. The van der Waals surface area contributed by atoms with Gasteiger partial charge in [-0.15, -0.1) is 0 Å². The molecule has 3 nitrogen and oxygen atoms in total. The number of benzene rings is 1. The lowest BCUT2D eigenvalue weighted by molar-refractivity contribution is -0.128. The van der Waals surface area contributed by atoms with E-state index in [-0.39, 0.29) is 12.5 Å². The van der Waals surface area contributed by atoms with Crippen molar-refractivity contribution in [1.29, 1.82) is 0 Å². The Morgan fingerprint density at radius 3 is 2.11 bits per heavy atom. The van der Waals surface area contributed by atoms with Gasteiger partial charge in [0.25, 0.3) is 0 Å². The molecule has 0 atom stereocenters. The van der Waals surface area contributed by atoms with E-state index in [9.17, 15) is 4.79 Å². The van der Waals surface area contributed by atoms with E-state index in [4.69, 9.17) is 5.73 Å². The molecule has 1 aromatic carbocycles. The summed E-state index contributed by atoms with van der Waals surface area (Å²) in [4.78, 5) is 13.1. The fourth-order valence-corrected chi connectivity index (χ4v) is 2.23. The van der Waals surface area contributed by atoms with Gasteiger partial charge < -0.3 is 10.6 Å². The van der Waals surface area contributed by atoms with E-state index in [0.717, 1.165) is 13.0 Å². The number of aryl methyl sites for hydroxylation is 2. The summed E-state index contributed by atoms with van der Waals surface area (Å²) in [6.07, 6.45) is 0.891. The lowest BCUT2D eigenvalue weighted by Gasteiger charge is -2.20. The molecule has 0 heterocycles. The van der Waals surface area contributed by atoms with E-state index in [1.807, 2.05) is 7.05 Å². The van der Waals surface area contributed by atoms with Gasteiger partial charge in [-0.05, 0) is 61.9 Å². The lowest BCUT2D eigenvalue weighted by atomic mass is 9.92. The van der Waals surface area contributed by atoms with Gasteiger partial charge in [0.15, 0.2) is 0 Å². The number of rotatable bonds is 4. The van der Waals surface area contributed by atoms with E-state index >= 15 is 0 Å². The predicted octanol–water partition coefficient (Wildman–Crippen LogP) is 1.88. The van der Waals surface area contributed by atoms with Crippen molar-refractivity contribution < 1.29 is 4.79 Å². The van der Waals surface area contributed by atoms with E-state index in [1.165, 1.54) is 27.8 Å². The average molecular weight is 248 g/mol. The SMILES string of the molecule is Cc1cc(C)c(C)c(CCN(C)C(=O)CN)c1C. The second-order valence-electron chi connectivity index (χ2n) is 5.01. The van der Waals surface area contributed by atoms with Gasteiger partial charge in [0.05, 0.1) is 6.54 Å². The van der Waals surface area contributed by atoms with Crippen LogP contribution in [0.2, 0.25) is 0 Å². The number of carbonyl (C=O) groups is 1. The minimum atomic E-state index is -0.00492. The zero-order chi connectivity index (χ0) is 13.9. The normalized spacial score (nSPS) is 10.6. The van der Waals surface area contributed by atoms with E-state index in [0.29, 0.717) is 0 Å². The van der Waals surface area contributed by atoms with Crippen LogP contribution >= 0.6 is 0 Å². The number of carbonyl (C=O) groups excluding carboxylic acids is 1. The van der Waals surface area contributed by atoms with Gasteiger partial charge in [-0.1, -0.05) is 6.07 Å². The predicted molar refractivity (Wildman–Crippen MR) is 75.8 cm³/mol. The van der Waals surface area contributed by atoms with E-state index in [1.54, 1.807) is 4.90 Å². The smallest absolute Gasteiger partial charge is 0.236 e. The summed E-state index contributed by atoms with van der Waals surface area (Å²) >= 11 is 0. The molecule has 100 valence electrons. The third kappa shape index (κ3) is 3.10. The average Bonchev–Trinajstić information content (AvgIpc) is 2.35. The summed E-state index contributed by atoms with van der Waals surface area (Å²) in [7, 11) is 1.81. The molecular weight excluding hydrogens is 224 g/mol. The van der Waals surface area contributed by atoms with Crippen LogP contribution in [0.1, 0.15) is 27.8 Å². The van der Waals surface area contributed by atoms with E-state index in [2.05, 4.69) is 33.8 Å². The summed E-state index contributed by atoms with van der Waals surface area (Å²) in [5.41, 5.74) is 12.0. The molecule has 18 heavy (non-hydrogen) atoms.